The SMILES string of the molecule is CSC1=CCCC=C(N2CCN(C(C)C3=CCN=CSC(C)C=C3)CC2)N=C1. The Balaban J connectivity index is 1.60. The van der Waals surface area contributed by atoms with Crippen molar-refractivity contribution in [2.24, 2.45) is 9.98 Å². The van der Waals surface area contributed by atoms with E-state index in [9.17, 15) is 0 Å². The van der Waals surface area contributed by atoms with E-state index in [-0.39, 0.29) is 0 Å². The van der Waals surface area contributed by atoms with Crippen LogP contribution in [0.5, 0.6) is 0 Å². The zero-order valence-electron chi connectivity index (χ0n) is 17.3. The van der Waals surface area contributed by atoms with Crippen molar-refractivity contribution in [3.8, 4) is 0 Å². The first-order chi connectivity index (χ1) is 13.7. The number of hydrogen-bond acceptors (Lipinski definition) is 6. The molecule has 0 aromatic carbocycles. The number of nitrogens with zero attached hydrogens (tertiary/aromatic N) is 4. The molecule has 0 bridgehead atoms. The minimum atomic E-state index is 0.421. The van der Waals surface area contributed by atoms with E-state index >= 15 is 0 Å². The molecule has 28 heavy (non-hydrogen) atoms. The summed E-state index contributed by atoms with van der Waals surface area (Å²) in [6.45, 7) is 9.53. The third kappa shape index (κ3) is 6.13. The lowest BCUT2D eigenvalue weighted by Gasteiger charge is -2.39. The van der Waals surface area contributed by atoms with Crippen molar-refractivity contribution in [2.45, 2.75) is 38.0 Å². The van der Waals surface area contributed by atoms with Crippen LogP contribution < -0.4 is 0 Å². The predicted octanol–water partition coefficient (Wildman–Crippen LogP) is 4.59. The average Bonchev–Trinajstić information content (AvgIpc) is 2.80. The van der Waals surface area contributed by atoms with E-state index in [4.69, 9.17) is 4.99 Å². The second-order valence-corrected chi connectivity index (χ2v) is 9.39. The Morgan fingerprint density at radius 1 is 1.14 bits per heavy atom. The van der Waals surface area contributed by atoms with Gasteiger partial charge in [0, 0.05) is 48.6 Å². The minimum absolute atomic E-state index is 0.421. The molecule has 3 heterocycles. The average molecular weight is 417 g/mol. The van der Waals surface area contributed by atoms with Gasteiger partial charge >= 0.3 is 0 Å². The van der Waals surface area contributed by atoms with Gasteiger partial charge in [0.2, 0.25) is 0 Å². The molecule has 0 aliphatic carbocycles. The fourth-order valence-electron chi connectivity index (χ4n) is 3.58. The minimum Gasteiger partial charge on any atom is -0.354 e. The zero-order chi connectivity index (χ0) is 19.8. The van der Waals surface area contributed by atoms with Crippen molar-refractivity contribution in [1.29, 1.82) is 0 Å². The van der Waals surface area contributed by atoms with Gasteiger partial charge in [0.1, 0.15) is 5.82 Å². The molecular formula is C22H32N4S2. The highest BCUT2D eigenvalue weighted by atomic mass is 32.2. The van der Waals surface area contributed by atoms with Crippen LogP contribution in [-0.2, 0) is 0 Å². The molecule has 0 amide bonds. The van der Waals surface area contributed by atoms with Gasteiger partial charge in [0.05, 0.1) is 12.1 Å². The van der Waals surface area contributed by atoms with E-state index in [2.05, 4.69) is 65.3 Å². The number of piperazine rings is 1. The summed E-state index contributed by atoms with van der Waals surface area (Å²) in [7, 11) is 0. The topological polar surface area (TPSA) is 31.2 Å². The van der Waals surface area contributed by atoms with Crippen molar-refractivity contribution >= 4 is 35.3 Å². The Morgan fingerprint density at radius 2 is 1.93 bits per heavy atom. The van der Waals surface area contributed by atoms with Crippen LogP contribution in [-0.4, -0.2) is 71.8 Å². The summed E-state index contributed by atoms with van der Waals surface area (Å²) >= 11 is 3.55. The second kappa shape index (κ2) is 11.1. The largest absolute Gasteiger partial charge is 0.354 e. The maximum atomic E-state index is 4.77. The molecule has 3 rings (SSSR count). The first-order valence-corrected chi connectivity index (χ1v) is 12.3. The highest BCUT2D eigenvalue weighted by Crippen LogP contribution is 2.21. The van der Waals surface area contributed by atoms with Crippen LogP contribution >= 0.6 is 23.5 Å². The fraction of sp³-hybridized carbons (Fsp3) is 0.545. The summed E-state index contributed by atoms with van der Waals surface area (Å²) in [6.07, 6.45) is 17.8. The molecule has 2 unspecified atom stereocenters. The molecule has 3 aliphatic rings. The van der Waals surface area contributed by atoms with E-state index in [1.807, 2.05) is 11.8 Å². The third-order valence-electron chi connectivity index (χ3n) is 5.41. The Bertz CT molecular complexity index is 697. The molecule has 0 radical (unpaired) electrons. The van der Waals surface area contributed by atoms with E-state index in [0.29, 0.717) is 11.3 Å². The van der Waals surface area contributed by atoms with Crippen LogP contribution in [0.2, 0.25) is 0 Å². The van der Waals surface area contributed by atoms with Crippen molar-refractivity contribution in [1.82, 2.24) is 9.80 Å². The van der Waals surface area contributed by atoms with Crippen molar-refractivity contribution < 1.29 is 0 Å². The summed E-state index contributed by atoms with van der Waals surface area (Å²) < 4.78 is 0. The quantitative estimate of drug-likeness (QED) is 0.671. The van der Waals surface area contributed by atoms with Crippen LogP contribution in [0.3, 0.4) is 0 Å². The standard InChI is InChI=1S/C22H32N4S2/c1-18-8-9-20(10-11-23-17-28-18)19(2)25-12-14-26(15-13-25)22-7-5-4-6-21(27-3)16-24-22/h6-10,16-19H,4-5,11-15H2,1-3H3. The monoisotopic (exact) mass is 416 g/mol. The molecule has 2 atom stereocenters. The van der Waals surface area contributed by atoms with Gasteiger partial charge in [0.25, 0.3) is 0 Å². The van der Waals surface area contributed by atoms with Gasteiger partial charge in [-0.2, -0.15) is 0 Å². The fourth-order valence-corrected chi connectivity index (χ4v) is 4.56. The number of rotatable bonds is 4. The molecular weight excluding hydrogens is 384 g/mol. The molecule has 4 nitrogen and oxygen atoms in total. The summed E-state index contributed by atoms with van der Waals surface area (Å²) in [5.41, 5.74) is 3.37. The Kier molecular flexibility index (Phi) is 8.49. The Morgan fingerprint density at radius 3 is 2.71 bits per heavy atom. The van der Waals surface area contributed by atoms with Gasteiger partial charge in [-0.15, -0.1) is 23.5 Å². The number of thioether (sulfide) groups is 2. The van der Waals surface area contributed by atoms with Crippen molar-refractivity contribution in [3.05, 3.63) is 46.7 Å². The summed E-state index contributed by atoms with van der Waals surface area (Å²) in [5, 5.41) is 0.471. The lowest BCUT2D eigenvalue weighted by molar-refractivity contribution is 0.136. The molecule has 152 valence electrons. The molecule has 0 N–H and O–H groups in total. The Labute approximate surface area is 178 Å². The van der Waals surface area contributed by atoms with Crippen LogP contribution in [0.25, 0.3) is 0 Å². The maximum Gasteiger partial charge on any atom is 0.124 e. The van der Waals surface area contributed by atoms with Crippen LogP contribution in [0.4, 0.5) is 0 Å². The smallest absolute Gasteiger partial charge is 0.124 e. The summed E-state index contributed by atoms with van der Waals surface area (Å²) in [6, 6.07) is 0.421. The molecule has 1 fully saturated rings. The van der Waals surface area contributed by atoms with Crippen molar-refractivity contribution in [3.63, 3.8) is 0 Å². The van der Waals surface area contributed by atoms with Gasteiger partial charge < -0.3 is 4.90 Å². The van der Waals surface area contributed by atoms with E-state index in [1.54, 1.807) is 23.5 Å². The number of hydrogen-bond donors (Lipinski definition) is 0. The maximum absolute atomic E-state index is 4.77. The van der Waals surface area contributed by atoms with Gasteiger partial charge in [-0.05, 0) is 44.6 Å². The summed E-state index contributed by atoms with van der Waals surface area (Å²) in [4.78, 5) is 15.6. The zero-order valence-corrected chi connectivity index (χ0v) is 18.9. The van der Waals surface area contributed by atoms with Crippen molar-refractivity contribution in [2.75, 3.05) is 39.0 Å². The molecule has 0 aromatic rings. The molecule has 0 spiro atoms. The molecule has 0 saturated carbocycles. The van der Waals surface area contributed by atoms with Crippen LogP contribution in [0.15, 0.2) is 56.7 Å². The Hall–Kier alpha value is -1.24. The lowest BCUT2D eigenvalue weighted by atomic mass is 10.0. The van der Waals surface area contributed by atoms with Gasteiger partial charge in [-0.1, -0.05) is 24.3 Å². The molecule has 1 saturated heterocycles. The molecule has 6 heteroatoms. The van der Waals surface area contributed by atoms with Crippen LogP contribution in [0.1, 0.15) is 26.7 Å². The van der Waals surface area contributed by atoms with E-state index in [0.717, 1.165) is 51.4 Å². The number of aliphatic imine (C=N–C) groups is 2. The molecule has 3 aliphatic heterocycles. The first-order valence-electron chi connectivity index (χ1n) is 10.2. The van der Waals surface area contributed by atoms with E-state index < -0.39 is 0 Å². The van der Waals surface area contributed by atoms with Gasteiger partial charge in [-0.3, -0.25) is 9.89 Å². The summed E-state index contributed by atoms with van der Waals surface area (Å²) in [5.74, 6) is 1.15. The van der Waals surface area contributed by atoms with E-state index in [1.165, 1.54) is 10.5 Å². The first kappa shape index (κ1) is 21.5. The van der Waals surface area contributed by atoms with Crippen LogP contribution in [0, 0.1) is 0 Å². The third-order valence-corrected chi connectivity index (χ3v) is 7.01. The predicted molar refractivity (Wildman–Crippen MR) is 128 cm³/mol. The van der Waals surface area contributed by atoms with Gasteiger partial charge in [-0.25, -0.2) is 4.99 Å². The highest BCUT2D eigenvalue weighted by molar-refractivity contribution is 8.12. The normalized spacial score (nSPS) is 25.6. The lowest BCUT2D eigenvalue weighted by Crippen LogP contribution is -2.49. The van der Waals surface area contributed by atoms with Gasteiger partial charge in [0.15, 0.2) is 0 Å². The molecule has 0 aromatic heterocycles. The number of allylic oxidation sites excluding steroid dienone is 3. The second-order valence-electron chi connectivity index (χ2n) is 7.28. The highest BCUT2D eigenvalue weighted by Gasteiger charge is 2.23.